The van der Waals surface area contributed by atoms with Crippen molar-refractivity contribution in [3.05, 3.63) is 11.4 Å². The van der Waals surface area contributed by atoms with Crippen LogP contribution in [0.15, 0.2) is 0 Å². The molecule has 0 aliphatic carbocycles. The fourth-order valence-corrected chi connectivity index (χ4v) is 1.74. The molecule has 19 heavy (non-hydrogen) atoms. The van der Waals surface area contributed by atoms with Gasteiger partial charge in [-0.05, 0) is 20.3 Å². The number of aryl methyl sites for hydroxylation is 1. The lowest BCUT2D eigenvalue weighted by Crippen LogP contribution is -2.30. The standard InChI is InChI=1S/C13H23N5O/c1-5-7-10-17-12(14-4)9(3)13(18-10)16-8-11(19)15-6-2/h5-8H2,1-4H3,(H,15,19)(H2,14,16,17,18). The van der Waals surface area contributed by atoms with Gasteiger partial charge in [0.2, 0.25) is 5.91 Å². The topological polar surface area (TPSA) is 78.9 Å². The smallest absolute Gasteiger partial charge is 0.239 e. The zero-order valence-electron chi connectivity index (χ0n) is 12.1. The van der Waals surface area contributed by atoms with Gasteiger partial charge in [0, 0.05) is 25.6 Å². The molecular formula is C13H23N5O. The first-order chi connectivity index (χ1) is 9.12. The van der Waals surface area contributed by atoms with Crippen molar-refractivity contribution in [1.82, 2.24) is 15.3 Å². The lowest BCUT2D eigenvalue weighted by molar-refractivity contribution is -0.119. The molecule has 0 radical (unpaired) electrons. The average molecular weight is 265 g/mol. The predicted octanol–water partition coefficient (Wildman–Crippen LogP) is 1.33. The zero-order chi connectivity index (χ0) is 14.3. The summed E-state index contributed by atoms with van der Waals surface area (Å²) in [5, 5.41) is 8.87. The van der Waals surface area contributed by atoms with Crippen LogP contribution in [0.1, 0.15) is 31.7 Å². The Kier molecular flexibility index (Phi) is 6.05. The van der Waals surface area contributed by atoms with Crippen LogP contribution in [0.2, 0.25) is 0 Å². The number of hydrogen-bond donors (Lipinski definition) is 3. The summed E-state index contributed by atoms with van der Waals surface area (Å²) in [5.41, 5.74) is 0.923. The molecule has 0 unspecified atom stereocenters. The fraction of sp³-hybridized carbons (Fsp3) is 0.615. The highest BCUT2D eigenvalue weighted by molar-refractivity contribution is 5.80. The molecule has 0 atom stereocenters. The molecule has 0 aliphatic heterocycles. The molecule has 0 bridgehead atoms. The van der Waals surface area contributed by atoms with Crippen molar-refractivity contribution in [2.45, 2.75) is 33.6 Å². The molecule has 0 aliphatic rings. The Hall–Kier alpha value is -1.85. The third kappa shape index (κ3) is 4.39. The molecule has 6 heteroatoms. The number of nitrogens with one attached hydrogen (secondary N) is 3. The molecule has 1 amide bonds. The lowest BCUT2D eigenvalue weighted by Gasteiger charge is -2.13. The number of anilines is 2. The largest absolute Gasteiger partial charge is 0.373 e. The first-order valence-electron chi connectivity index (χ1n) is 6.68. The second-order valence-electron chi connectivity index (χ2n) is 4.27. The van der Waals surface area contributed by atoms with Crippen LogP contribution in [-0.4, -0.2) is 36.0 Å². The number of hydrogen-bond acceptors (Lipinski definition) is 5. The molecular weight excluding hydrogens is 242 g/mol. The summed E-state index contributed by atoms with van der Waals surface area (Å²) in [4.78, 5) is 20.4. The molecule has 0 saturated heterocycles. The summed E-state index contributed by atoms with van der Waals surface area (Å²) in [6.45, 7) is 6.77. The first kappa shape index (κ1) is 15.2. The Morgan fingerprint density at radius 2 is 1.89 bits per heavy atom. The highest BCUT2D eigenvalue weighted by atomic mass is 16.1. The van der Waals surface area contributed by atoms with Crippen LogP contribution in [0.3, 0.4) is 0 Å². The van der Waals surface area contributed by atoms with Crippen molar-refractivity contribution in [2.24, 2.45) is 0 Å². The van der Waals surface area contributed by atoms with Crippen LogP contribution >= 0.6 is 0 Å². The van der Waals surface area contributed by atoms with E-state index in [1.807, 2.05) is 20.9 Å². The quantitative estimate of drug-likeness (QED) is 0.693. The van der Waals surface area contributed by atoms with Gasteiger partial charge in [-0.2, -0.15) is 0 Å². The summed E-state index contributed by atoms with van der Waals surface area (Å²) < 4.78 is 0. The van der Waals surface area contributed by atoms with Crippen molar-refractivity contribution < 1.29 is 4.79 Å². The molecule has 1 aromatic rings. The summed E-state index contributed by atoms with van der Waals surface area (Å²) in [5.74, 6) is 2.27. The molecule has 6 nitrogen and oxygen atoms in total. The normalized spacial score (nSPS) is 10.1. The van der Waals surface area contributed by atoms with Gasteiger partial charge in [-0.3, -0.25) is 4.79 Å². The second-order valence-corrected chi connectivity index (χ2v) is 4.27. The summed E-state index contributed by atoms with van der Waals surface area (Å²) in [6, 6.07) is 0. The molecule has 0 aromatic carbocycles. The van der Waals surface area contributed by atoms with E-state index < -0.39 is 0 Å². The van der Waals surface area contributed by atoms with Crippen LogP contribution in [0, 0.1) is 6.92 Å². The van der Waals surface area contributed by atoms with E-state index in [9.17, 15) is 4.79 Å². The number of amides is 1. The van der Waals surface area contributed by atoms with Crippen molar-refractivity contribution >= 4 is 17.5 Å². The highest BCUT2D eigenvalue weighted by Gasteiger charge is 2.10. The number of likely N-dealkylation sites (N-methyl/N-ethyl adjacent to an activating group) is 1. The van der Waals surface area contributed by atoms with Gasteiger partial charge in [-0.15, -0.1) is 0 Å². The minimum absolute atomic E-state index is 0.0384. The number of nitrogens with zero attached hydrogens (tertiary/aromatic N) is 2. The van der Waals surface area contributed by atoms with Gasteiger partial charge < -0.3 is 16.0 Å². The maximum atomic E-state index is 11.5. The molecule has 1 rings (SSSR count). The molecule has 0 fully saturated rings. The van der Waals surface area contributed by atoms with Crippen molar-refractivity contribution in [3.8, 4) is 0 Å². The number of rotatable bonds is 7. The van der Waals surface area contributed by atoms with Crippen LogP contribution in [0.25, 0.3) is 0 Å². The van der Waals surface area contributed by atoms with Crippen molar-refractivity contribution in [2.75, 3.05) is 30.8 Å². The minimum Gasteiger partial charge on any atom is -0.373 e. The number of aromatic nitrogens is 2. The van der Waals surface area contributed by atoms with Crippen molar-refractivity contribution in [3.63, 3.8) is 0 Å². The average Bonchev–Trinajstić information content (AvgIpc) is 2.39. The van der Waals surface area contributed by atoms with Gasteiger partial charge in [0.25, 0.3) is 0 Å². The molecule has 0 saturated carbocycles. The SMILES string of the molecule is CCCc1nc(NC)c(C)c(NCC(=O)NCC)n1. The van der Waals surface area contributed by atoms with E-state index in [0.717, 1.165) is 30.0 Å². The second kappa shape index (κ2) is 7.56. The van der Waals surface area contributed by atoms with Gasteiger partial charge in [0.1, 0.15) is 17.5 Å². The Morgan fingerprint density at radius 3 is 2.47 bits per heavy atom. The van der Waals surface area contributed by atoms with Gasteiger partial charge in [0.15, 0.2) is 0 Å². The van der Waals surface area contributed by atoms with Gasteiger partial charge in [0.05, 0.1) is 6.54 Å². The number of carbonyl (C=O) groups is 1. The Bertz CT molecular complexity index is 433. The first-order valence-corrected chi connectivity index (χ1v) is 6.68. The summed E-state index contributed by atoms with van der Waals surface area (Å²) in [6.07, 6.45) is 1.81. The van der Waals surface area contributed by atoms with E-state index in [-0.39, 0.29) is 12.5 Å². The zero-order valence-corrected chi connectivity index (χ0v) is 12.1. The van der Waals surface area contributed by atoms with E-state index in [1.165, 1.54) is 0 Å². The maximum absolute atomic E-state index is 11.5. The summed E-state index contributed by atoms with van der Waals surface area (Å²) >= 11 is 0. The minimum atomic E-state index is -0.0384. The Balaban J connectivity index is 2.85. The Labute approximate surface area is 114 Å². The third-order valence-corrected chi connectivity index (χ3v) is 2.69. The van der Waals surface area contributed by atoms with Crippen molar-refractivity contribution in [1.29, 1.82) is 0 Å². The van der Waals surface area contributed by atoms with E-state index >= 15 is 0 Å². The van der Waals surface area contributed by atoms with Gasteiger partial charge in [-0.25, -0.2) is 9.97 Å². The molecule has 3 N–H and O–H groups in total. The van der Waals surface area contributed by atoms with E-state index in [0.29, 0.717) is 12.4 Å². The fourth-order valence-electron chi connectivity index (χ4n) is 1.74. The van der Waals surface area contributed by atoms with Crippen LogP contribution in [0.4, 0.5) is 11.6 Å². The van der Waals surface area contributed by atoms with Crippen LogP contribution < -0.4 is 16.0 Å². The Morgan fingerprint density at radius 1 is 1.21 bits per heavy atom. The molecule has 1 aromatic heterocycles. The van der Waals surface area contributed by atoms with E-state index in [2.05, 4.69) is 32.8 Å². The number of carbonyl (C=O) groups excluding carboxylic acids is 1. The maximum Gasteiger partial charge on any atom is 0.239 e. The third-order valence-electron chi connectivity index (χ3n) is 2.69. The van der Waals surface area contributed by atoms with E-state index in [1.54, 1.807) is 0 Å². The predicted molar refractivity (Wildman–Crippen MR) is 77.5 cm³/mol. The summed E-state index contributed by atoms with van der Waals surface area (Å²) in [7, 11) is 1.83. The molecule has 1 heterocycles. The lowest BCUT2D eigenvalue weighted by atomic mass is 10.2. The van der Waals surface area contributed by atoms with E-state index in [4.69, 9.17) is 0 Å². The monoisotopic (exact) mass is 265 g/mol. The highest BCUT2D eigenvalue weighted by Crippen LogP contribution is 2.19. The van der Waals surface area contributed by atoms with Gasteiger partial charge >= 0.3 is 0 Å². The molecule has 0 spiro atoms. The molecule has 106 valence electrons. The van der Waals surface area contributed by atoms with Gasteiger partial charge in [-0.1, -0.05) is 6.92 Å². The van der Waals surface area contributed by atoms with Crippen LogP contribution in [0.5, 0.6) is 0 Å². The van der Waals surface area contributed by atoms with Crippen LogP contribution in [-0.2, 0) is 11.2 Å².